The van der Waals surface area contributed by atoms with Gasteiger partial charge in [0.25, 0.3) is 0 Å². The summed E-state index contributed by atoms with van der Waals surface area (Å²) < 4.78 is 50.4. The molecule has 1 aliphatic heterocycles. The van der Waals surface area contributed by atoms with Gasteiger partial charge in [-0.1, -0.05) is 18.2 Å². The van der Waals surface area contributed by atoms with Crippen molar-refractivity contribution in [2.75, 3.05) is 33.4 Å². The lowest BCUT2D eigenvalue weighted by Gasteiger charge is -2.38. The molecule has 2 N–H and O–H groups in total. The Morgan fingerprint density at radius 3 is 2.53 bits per heavy atom. The van der Waals surface area contributed by atoms with E-state index in [9.17, 15) is 13.2 Å². The summed E-state index contributed by atoms with van der Waals surface area (Å²) in [5.41, 5.74) is -0.394. The van der Waals surface area contributed by atoms with Crippen LogP contribution in [-0.2, 0) is 22.7 Å². The Bertz CT molecular complexity index is 804. The minimum absolute atomic E-state index is 0. The molecule has 1 aliphatic rings. The summed E-state index contributed by atoms with van der Waals surface area (Å²) in [6, 6.07) is 9.37. The maximum atomic E-state index is 13.2. The van der Waals surface area contributed by atoms with E-state index >= 15 is 0 Å². The van der Waals surface area contributed by atoms with Gasteiger partial charge in [0, 0.05) is 45.2 Å². The maximum absolute atomic E-state index is 13.2. The second kappa shape index (κ2) is 11.0. The molecular weight excluding hydrogens is 510 g/mol. The van der Waals surface area contributed by atoms with Crippen LogP contribution >= 0.6 is 24.0 Å². The van der Waals surface area contributed by atoms with E-state index in [1.54, 1.807) is 19.4 Å². The number of benzene rings is 1. The third-order valence-electron chi connectivity index (χ3n) is 5.31. The summed E-state index contributed by atoms with van der Waals surface area (Å²) in [6.45, 7) is 2.13. The number of ether oxygens (including phenoxy) is 1. The monoisotopic (exact) mass is 537 g/mol. The zero-order valence-corrected chi connectivity index (χ0v) is 19.1. The van der Waals surface area contributed by atoms with Crippen LogP contribution in [0.3, 0.4) is 0 Å². The lowest BCUT2D eigenvalue weighted by atomic mass is 9.73. The molecule has 9 heteroatoms. The molecule has 0 bridgehead atoms. The minimum Gasteiger partial charge on any atom is -0.469 e. The second-order valence-electron chi connectivity index (χ2n) is 7.15. The van der Waals surface area contributed by atoms with Crippen molar-refractivity contribution in [2.24, 2.45) is 4.99 Å². The molecule has 2 heterocycles. The maximum Gasteiger partial charge on any atom is 0.416 e. The summed E-state index contributed by atoms with van der Waals surface area (Å²) in [7, 11) is 1.67. The Labute approximate surface area is 191 Å². The average molecular weight is 537 g/mol. The number of nitrogens with zero attached hydrogens (tertiary/aromatic N) is 1. The molecule has 30 heavy (non-hydrogen) atoms. The summed E-state index contributed by atoms with van der Waals surface area (Å²) in [5, 5.41) is 6.51. The Morgan fingerprint density at radius 2 is 1.90 bits per heavy atom. The predicted molar refractivity (Wildman–Crippen MR) is 120 cm³/mol. The van der Waals surface area contributed by atoms with Crippen molar-refractivity contribution in [3.63, 3.8) is 0 Å². The van der Waals surface area contributed by atoms with Gasteiger partial charge in [-0.25, -0.2) is 0 Å². The molecule has 0 aliphatic carbocycles. The zero-order chi connectivity index (χ0) is 20.7. The first-order valence-electron chi connectivity index (χ1n) is 9.65. The second-order valence-corrected chi connectivity index (χ2v) is 7.15. The van der Waals surface area contributed by atoms with Gasteiger partial charge in [-0.3, -0.25) is 4.99 Å². The van der Waals surface area contributed by atoms with E-state index in [2.05, 4.69) is 15.6 Å². The minimum atomic E-state index is -4.36. The van der Waals surface area contributed by atoms with E-state index in [1.165, 1.54) is 12.1 Å². The topological polar surface area (TPSA) is 58.8 Å². The van der Waals surface area contributed by atoms with Crippen LogP contribution in [-0.4, -0.2) is 39.3 Å². The Hall–Kier alpha value is -1.75. The van der Waals surface area contributed by atoms with Crippen LogP contribution in [0.4, 0.5) is 13.2 Å². The number of alkyl halides is 3. The van der Waals surface area contributed by atoms with Crippen molar-refractivity contribution in [2.45, 2.75) is 30.9 Å². The fourth-order valence-electron chi connectivity index (χ4n) is 3.59. The van der Waals surface area contributed by atoms with Crippen molar-refractivity contribution in [1.29, 1.82) is 0 Å². The lowest BCUT2D eigenvalue weighted by molar-refractivity contribution is -0.137. The molecular formula is C21H27F3IN3O2. The standard InChI is InChI=1S/C21H26F3N3O2.HI/c1-25-19(26-10-7-18-6-3-11-29-18)27-15-20(8-12-28-13-9-20)16-4-2-5-17(14-16)21(22,23)24;/h2-6,11,14H,7-10,12-13,15H2,1H3,(H2,25,26,27);1H. The predicted octanol–water partition coefficient (Wildman–Crippen LogP) is 4.37. The molecule has 5 nitrogen and oxygen atoms in total. The molecule has 1 aromatic carbocycles. The molecule has 1 aromatic heterocycles. The highest BCUT2D eigenvalue weighted by molar-refractivity contribution is 14.0. The lowest BCUT2D eigenvalue weighted by Crippen LogP contribution is -2.48. The van der Waals surface area contributed by atoms with E-state index in [-0.39, 0.29) is 24.0 Å². The quantitative estimate of drug-likeness (QED) is 0.327. The van der Waals surface area contributed by atoms with Crippen molar-refractivity contribution >= 4 is 29.9 Å². The van der Waals surface area contributed by atoms with Gasteiger partial charge >= 0.3 is 6.18 Å². The van der Waals surface area contributed by atoms with Crippen molar-refractivity contribution in [3.05, 3.63) is 59.5 Å². The Balaban J connectivity index is 0.00000320. The molecule has 2 aromatic rings. The van der Waals surface area contributed by atoms with Gasteiger partial charge in [0.05, 0.1) is 11.8 Å². The van der Waals surface area contributed by atoms with Gasteiger partial charge in [0.2, 0.25) is 0 Å². The smallest absolute Gasteiger partial charge is 0.416 e. The molecule has 0 unspecified atom stereocenters. The first-order valence-corrected chi connectivity index (χ1v) is 9.65. The van der Waals surface area contributed by atoms with Gasteiger partial charge in [-0.15, -0.1) is 24.0 Å². The van der Waals surface area contributed by atoms with Crippen LogP contribution in [0.25, 0.3) is 0 Å². The number of furan rings is 1. The number of nitrogens with one attached hydrogen (secondary N) is 2. The number of hydrogen-bond donors (Lipinski definition) is 2. The van der Waals surface area contributed by atoms with Crippen LogP contribution in [0.5, 0.6) is 0 Å². The molecule has 0 spiro atoms. The number of hydrogen-bond acceptors (Lipinski definition) is 3. The summed E-state index contributed by atoms with van der Waals surface area (Å²) in [6.07, 6.45) is -0.735. The molecule has 1 saturated heterocycles. The third-order valence-corrected chi connectivity index (χ3v) is 5.31. The highest BCUT2D eigenvalue weighted by Gasteiger charge is 2.37. The highest BCUT2D eigenvalue weighted by Crippen LogP contribution is 2.37. The number of guanidine groups is 1. The van der Waals surface area contributed by atoms with E-state index in [4.69, 9.17) is 9.15 Å². The van der Waals surface area contributed by atoms with E-state index in [1.807, 2.05) is 12.1 Å². The van der Waals surface area contributed by atoms with Crippen molar-refractivity contribution in [1.82, 2.24) is 10.6 Å². The first kappa shape index (κ1) is 24.5. The highest BCUT2D eigenvalue weighted by atomic mass is 127. The van der Waals surface area contributed by atoms with Crippen LogP contribution in [0.15, 0.2) is 52.1 Å². The zero-order valence-electron chi connectivity index (χ0n) is 16.8. The SMILES string of the molecule is CN=C(NCCc1ccco1)NCC1(c2cccc(C(F)(F)F)c2)CCOCC1.I. The van der Waals surface area contributed by atoms with Crippen LogP contribution in [0, 0.1) is 0 Å². The molecule has 0 amide bonds. The number of aliphatic imine (C=N–C) groups is 1. The fraction of sp³-hybridized carbons (Fsp3) is 0.476. The average Bonchev–Trinajstić information content (AvgIpc) is 3.24. The van der Waals surface area contributed by atoms with Gasteiger partial charge < -0.3 is 19.8 Å². The van der Waals surface area contributed by atoms with Gasteiger partial charge in [0.1, 0.15) is 5.76 Å². The summed E-state index contributed by atoms with van der Waals surface area (Å²) >= 11 is 0. The van der Waals surface area contributed by atoms with Gasteiger partial charge in [-0.05, 0) is 36.6 Å². The van der Waals surface area contributed by atoms with E-state index < -0.39 is 17.2 Å². The van der Waals surface area contributed by atoms with Crippen LogP contribution in [0.1, 0.15) is 29.7 Å². The van der Waals surface area contributed by atoms with Crippen LogP contribution in [0.2, 0.25) is 0 Å². The molecule has 3 rings (SSSR count). The molecule has 0 saturated carbocycles. The number of rotatable bonds is 6. The Morgan fingerprint density at radius 1 is 1.13 bits per heavy atom. The molecule has 166 valence electrons. The van der Waals surface area contributed by atoms with Crippen molar-refractivity contribution < 1.29 is 22.3 Å². The first-order chi connectivity index (χ1) is 13.9. The van der Waals surface area contributed by atoms with E-state index in [0.717, 1.165) is 11.8 Å². The largest absolute Gasteiger partial charge is 0.469 e. The van der Waals surface area contributed by atoms with Gasteiger partial charge in [-0.2, -0.15) is 13.2 Å². The normalized spacial score (nSPS) is 16.6. The molecule has 0 atom stereocenters. The van der Waals surface area contributed by atoms with Crippen molar-refractivity contribution in [3.8, 4) is 0 Å². The number of halogens is 4. The van der Waals surface area contributed by atoms with Crippen LogP contribution < -0.4 is 10.6 Å². The van der Waals surface area contributed by atoms with E-state index in [0.29, 0.717) is 57.1 Å². The van der Waals surface area contributed by atoms with Gasteiger partial charge in [0.15, 0.2) is 5.96 Å². The summed E-state index contributed by atoms with van der Waals surface area (Å²) in [4.78, 5) is 4.23. The Kier molecular flexibility index (Phi) is 9.02. The third kappa shape index (κ3) is 6.37. The molecule has 0 radical (unpaired) electrons. The fourth-order valence-corrected chi connectivity index (χ4v) is 3.59. The summed E-state index contributed by atoms with van der Waals surface area (Å²) in [5.74, 6) is 1.48. The molecule has 1 fully saturated rings.